The number of nitrogens with zero attached hydrogens (tertiary/aromatic N) is 1. The lowest BCUT2D eigenvalue weighted by Crippen LogP contribution is -2.05. The van der Waals surface area contributed by atoms with Crippen molar-refractivity contribution >= 4 is 0 Å². The van der Waals surface area contributed by atoms with Gasteiger partial charge in [-0.05, 0) is 30.9 Å². The van der Waals surface area contributed by atoms with Crippen molar-refractivity contribution in [1.29, 1.82) is 0 Å². The molecule has 1 aromatic heterocycles. The van der Waals surface area contributed by atoms with Crippen molar-refractivity contribution in [2.45, 2.75) is 19.0 Å². The molecule has 0 saturated heterocycles. The minimum Gasteiger partial charge on any atom is -0.260 e. The van der Waals surface area contributed by atoms with Crippen LogP contribution in [0.3, 0.4) is 0 Å². The number of pyridine rings is 1. The SMILES string of the molecule is FC(F)(F)c1ccc([CH]C2CC2)nc1. The third-order valence-corrected chi connectivity index (χ3v) is 2.14. The average Bonchev–Trinajstić information content (AvgIpc) is 2.88. The molecule has 0 aliphatic heterocycles. The monoisotopic (exact) mass is 200 g/mol. The Morgan fingerprint density at radius 3 is 2.43 bits per heavy atom. The van der Waals surface area contributed by atoms with E-state index >= 15 is 0 Å². The third kappa shape index (κ3) is 2.25. The van der Waals surface area contributed by atoms with Crippen LogP contribution in [0, 0.1) is 12.3 Å². The molecule has 1 heterocycles. The zero-order valence-electron chi connectivity index (χ0n) is 7.38. The molecular weight excluding hydrogens is 191 g/mol. The quantitative estimate of drug-likeness (QED) is 0.714. The maximum Gasteiger partial charge on any atom is 0.417 e. The predicted molar refractivity (Wildman–Crippen MR) is 45.4 cm³/mol. The molecule has 1 nitrogen and oxygen atoms in total. The van der Waals surface area contributed by atoms with E-state index in [1.807, 2.05) is 6.42 Å². The average molecular weight is 200 g/mol. The van der Waals surface area contributed by atoms with Crippen molar-refractivity contribution < 1.29 is 13.2 Å². The van der Waals surface area contributed by atoms with Crippen molar-refractivity contribution in [2.75, 3.05) is 0 Å². The van der Waals surface area contributed by atoms with Crippen LogP contribution in [-0.2, 0) is 6.18 Å². The summed E-state index contributed by atoms with van der Waals surface area (Å²) in [5, 5.41) is 0. The smallest absolute Gasteiger partial charge is 0.260 e. The molecule has 1 aliphatic rings. The number of halogens is 3. The molecule has 1 aliphatic carbocycles. The summed E-state index contributed by atoms with van der Waals surface area (Å²) in [6.07, 6.45) is 0.769. The van der Waals surface area contributed by atoms with Gasteiger partial charge < -0.3 is 0 Å². The topological polar surface area (TPSA) is 12.9 Å². The Morgan fingerprint density at radius 1 is 1.29 bits per heavy atom. The van der Waals surface area contributed by atoms with Gasteiger partial charge in [0.05, 0.1) is 5.56 Å². The highest BCUT2D eigenvalue weighted by Gasteiger charge is 2.31. The molecule has 1 radical (unpaired) electrons. The fourth-order valence-electron chi connectivity index (χ4n) is 1.18. The van der Waals surface area contributed by atoms with Crippen LogP contribution in [0.4, 0.5) is 13.2 Å². The van der Waals surface area contributed by atoms with Gasteiger partial charge in [-0.2, -0.15) is 13.2 Å². The van der Waals surface area contributed by atoms with Gasteiger partial charge in [-0.25, -0.2) is 0 Å². The van der Waals surface area contributed by atoms with Crippen LogP contribution in [0.25, 0.3) is 0 Å². The molecule has 75 valence electrons. The van der Waals surface area contributed by atoms with Crippen molar-refractivity contribution in [3.05, 3.63) is 36.0 Å². The Kier molecular flexibility index (Phi) is 2.21. The lowest BCUT2D eigenvalue weighted by atomic mass is 10.2. The van der Waals surface area contributed by atoms with Gasteiger partial charge >= 0.3 is 6.18 Å². The zero-order chi connectivity index (χ0) is 10.2. The molecule has 4 heteroatoms. The first kappa shape index (κ1) is 9.49. The summed E-state index contributed by atoms with van der Waals surface area (Å²) >= 11 is 0. The first-order chi connectivity index (χ1) is 6.55. The van der Waals surface area contributed by atoms with Crippen molar-refractivity contribution in [3.63, 3.8) is 0 Å². The largest absolute Gasteiger partial charge is 0.417 e. The molecule has 0 unspecified atom stereocenters. The van der Waals surface area contributed by atoms with E-state index in [9.17, 15) is 13.2 Å². The van der Waals surface area contributed by atoms with Crippen LogP contribution in [0.15, 0.2) is 18.3 Å². The summed E-state index contributed by atoms with van der Waals surface area (Å²) in [6, 6.07) is 2.49. The maximum atomic E-state index is 12.1. The van der Waals surface area contributed by atoms with Crippen molar-refractivity contribution in [2.24, 2.45) is 5.92 Å². The van der Waals surface area contributed by atoms with E-state index in [1.54, 1.807) is 0 Å². The van der Waals surface area contributed by atoms with E-state index < -0.39 is 11.7 Å². The van der Waals surface area contributed by atoms with Crippen molar-refractivity contribution in [3.8, 4) is 0 Å². The minimum absolute atomic E-state index is 0.527. The first-order valence-corrected chi connectivity index (χ1v) is 4.44. The predicted octanol–water partition coefficient (Wildman–Crippen LogP) is 3.06. The first-order valence-electron chi connectivity index (χ1n) is 4.44. The second-order valence-electron chi connectivity index (χ2n) is 3.47. The molecule has 2 rings (SSSR count). The summed E-state index contributed by atoms with van der Waals surface area (Å²) < 4.78 is 36.4. The van der Waals surface area contributed by atoms with Gasteiger partial charge in [0.2, 0.25) is 0 Å². The summed E-state index contributed by atoms with van der Waals surface area (Å²) in [7, 11) is 0. The molecule has 1 aromatic rings. The van der Waals surface area contributed by atoms with Crippen LogP contribution in [0.5, 0.6) is 0 Å². The summed E-state index contributed by atoms with van der Waals surface area (Å²) in [4.78, 5) is 3.75. The van der Waals surface area contributed by atoms with Crippen molar-refractivity contribution in [1.82, 2.24) is 4.98 Å². The Hall–Kier alpha value is -1.06. The number of hydrogen-bond acceptors (Lipinski definition) is 1. The van der Waals surface area contributed by atoms with E-state index in [0.717, 1.165) is 25.1 Å². The highest BCUT2D eigenvalue weighted by Crippen LogP contribution is 2.34. The van der Waals surface area contributed by atoms with E-state index in [2.05, 4.69) is 4.98 Å². The number of rotatable bonds is 2. The van der Waals surface area contributed by atoms with Gasteiger partial charge in [-0.3, -0.25) is 4.98 Å². The third-order valence-electron chi connectivity index (χ3n) is 2.14. The fourth-order valence-corrected chi connectivity index (χ4v) is 1.18. The van der Waals surface area contributed by atoms with E-state index in [1.165, 1.54) is 6.07 Å². The van der Waals surface area contributed by atoms with Crippen LogP contribution >= 0.6 is 0 Å². The molecule has 0 bridgehead atoms. The molecular formula is C10H9F3N. The Labute approximate surface area is 80.0 Å². The second kappa shape index (κ2) is 3.26. The molecule has 0 amide bonds. The molecule has 0 spiro atoms. The number of alkyl halides is 3. The van der Waals surface area contributed by atoms with Gasteiger partial charge in [-0.1, -0.05) is 0 Å². The Bertz CT molecular complexity index is 311. The Morgan fingerprint density at radius 2 is 2.00 bits per heavy atom. The number of aromatic nitrogens is 1. The molecule has 0 atom stereocenters. The minimum atomic E-state index is -4.29. The van der Waals surface area contributed by atoms with Gasteiger partial charge in [0.15, 0.2) is 0 Å². The van der Waals surface area contributed by atoms with E-state index in [-0.39, 0.29) is 0 Å². The summed E-state index contributed by atoms with van der Waals surface area (Å²) in [5.41, 5.74) is -0.0500. The fraction of sp³-hybridized carbons (Fsp3) is 0.400. The standard InChI is InChI=1S/C10H9F3N/c11-10(12,13)8-3-4-9(14-6-8)5-7-1-2-7/h3-7H,1-2H2. The molecule has 1 fully saturated rings. The molecule has 0 N–H and O–H groups in total. The van der Waals surface area contributed by atoms with Crippen LogP contribution in [0.1, 0.15) is 24.1 Å². The second-order valence-corrected chi connectivity index (χ2v) is 3.47. The molecule has 14 heavy (non-hydrogen) atoms. The van der Waals surface area contributed by atoms with Gasteiger partial charge in [0.1, 0.15) is 0 Å². The Balaban J connectivity index is 2.08. The lowest BCUT2D eigenvalue weighted by molar-refractivity contribution is -0.137. The van der Waals surface area contributed by atoms with E-state index in [4.69, 9.17) is 0 Å². The van der Waals surface area contributed by atoms with Gasteiger partial charge in [0.25, 0.3) is 0 Å². The zero-order valence-corrected chi connectivity index (χ0v) is 7.38. The normalized spacial score (nSPS) is 17.1. The van der Waals surface area contributed by atoms with Gasteiger partial charge in [-0.15, -0.1) is 0 Å². The lowest BCUT2D eigenvalue weighted by Gasteiger charge is -2.06. The van der Waals surface area contributed by atoms with Crippen LogP contribution < -0.4 is 0 Å². The number of hydrogen-bond donors (Lipinski definition) is 0. The molecule has 1 saturated carbocycles. The molecule has 0 aromatic carbocycles. The highest BCUT2D eigenvalue weighted by molar-refractivity contribution is 5.22. The highest BCUT2D eigenvalue weighted by atomic mass is 19.4. The summed E-state index contributed by atoms with van der Waals surface area (Å²) in [6.45, 7) is 0. The van der Waals surface area contributed by atoms with Crippen LogP contribution in [0.2, 0.25) is 0 Å². The van der Waals surface area contributed by atoms with Crippen LogP contribution in [-0.4, -0.2) is 4.98 Å². The summed E-state index contributed by atoms with van der Waals surface area (Å²) in [5.74, 6) is 0.527. The van der Waals surface area contributed by atoms with E-state index in [0.29, 0.717) is 11.6 Å². The maximum absolute atomic E-state index is 12.1. The van der Waals surface area contributed by atoms with Gasteiger partial charge in [0, 0.05) is 18.3 Å².